The summed E-state index contributed by atoms with van der Waals surface area (Å²) in [6, 6.07) is 10.8. The van der Waals surface area contributed by atoms with Crippen LogP contribution in [0.2, 0.25) is 0 Å². The van der Waals surface area contributed by atoms with Crippen molar-refractivity contribution in [1.82, 2.24) is 9.71 Å². The second-order valence-electron chi connectivity index (χ2n) is 5.14. The van der Waals surface area contributed by atoms with E-state index in [2.05, 4.69) is 23.6 Å². The number of pyridine rings is 1. The zero-order valence-electron chi connectivity index (χ0n) is 12.1. The van der Waals surface area contributed by atoms with Gasteiger partial charge in [0.15, 0.2) is 0 Å². The fraction of sp³-hybridized carbons (Fsp3) is 0.267. The van der Waals surface area contributed by atoms with Crippen LogP contribution in [0.1, 0.15) is 30.9 Å². The minimum Gasteiger partial charge on any atom is -0.384 e. The zero-order chi connectivity index (χ0) is 15.5. The molecule has 5 nitrogen and oxygen atoms in total. The molecule has 0 amide bonds. The monoisotopic (exact) mass is 305 g/mol. The van der Waals surface area contributed by atoms with Gasteiger partial charge in [-0.25, -0.2) is 18.1 Å². The molecule has 0 aliphatic heterocycles. The van der Waals surface area contributed by atoms with Gasteiger partial charge >= 0.3 is 0 Å². The molecular formula is C15H19N3O2S. The number of anilines is 1. The maximum atomic E-state index is 12.1. The molecule has 0 radical (unpaired) electrons. The Morgan fingerprint density at radius 1 is 1.14 bits per heavy atom. The Morgan fingerprint density at radius 2 is 1.81 bits per heavy atom. The molecule has 3 N–H and O–H groups in total. The Hall–Kier alpha value is -1.92. The first-order chi connectivity index (χ1) is 9.88. The minimum atomic E-state index is -3.57. The summed E-state index contributed by atoms with van der Waals surface area (Å²) in [4.78, 5) is 3.90. The van der Waals surface area contributed by atoms with Gasteiger partial charge < -0.3 is 5.73 Å². The highest BCUT2D eigenvalue weighted by molar-refractivity contribution is 7.89. The lowest BCUT2D eigenvalue weighted by atomic mass is 10.0. The van der Waals surface area contributed by atoms with Crippen molar-refractivity contribution in [2.75, 3.05) is 5.73 Å². The van der Waals surface area contributed by atoms with E-state index in [0.29, 0.717) is 11.7 Å². The number of hydrogen-bond donors (Lipinski definition) is 2. The summed E-state index contributed by atoms with van der Waals surface area (Å²) < 4.78 is 26.8. The second kappa shape index (κ2) is 6.24. The van der Waals surface area contributed by atoms with Gasteiger partial charge in [0.05, 0.1) is 0 Å². The first-order valence-corrected chi connectivity index (χ1v) is 8.17. The summed E-state index contributed by atoms with van der Waals surface area (Å²) >= 11 is 0. The van der Waals surface area contributed by atoms with Crippen molar-refractivity contribution in [3.05, 3.63) is 53.7 Å². The molecule has 0 saturated heterocycles. The molecule has 0 aliphatic rings. The van der Waals surface area contributed by atoms with Crippen LogP contribution >= 0.6 is 0 Å². The summed E-state index contributed by atoms with van der Waals surface area (Å²) in [5, 5.41) is 0. The molecule has 0 atom stereocenters. The SMILES string of the molecule is CC(C)c1ccc(CNS(=O)(=O)c2ccc(N)nc2)cc1. The molecule has 1 aromatic carbocycles. The van der Waals surface area contributed by atoms with Crippen molar-refractivity contribution >= 4 is 15.8 Å². The molecular weight excluding hydrogens is 286 g/mol. The molecule has 0 fully saturated rings. The van der Waals surface area contributed by atoms with Crippen molar-refractivity contribution in [3.8, 4) is 0 Å². The number of nitrogens with one attached hydrogen (secondary N) is 1. The molecule has 0 aliphatic carbocycles. The van der Waals surface area contributed by atoms with Crippen molar-refractivity contribution in [2.45, 2.75) is 31.2 Å². The standard InChI is InChI=1S/C15H19N3O2S/c1-11(2)13-5-3-12(4-6-13)9-18-21(19,20)14-7-8-15(16)17-10-14/h3-8,10-11,18H,9H2,1-2H3,(H2,16,17). The quantitative estimate of drug-likeness (QED) is 0.887. The van der Waals surface area contributed by atoms with Gasteiger partial charge in [0.1, 0.15) is 10.7 Å². The number of benzene rings is 1. The topological polar surface area (TPSA) is 85.1 Å². The molecule has 21 heavy (non-hydrogen) atoms. The van der Waals surface area contributed by atoms with Gasteiger partial charge in [-0.15, -0.1) is 0 Å². The maximum absolute atomic E-state index is 12.1. The Morgan fingerprint density at radius 3 is 2.33 bits per heavy atom. The average molecular weight is 305 g/mol. The number of nitrogen functional groups attached to an aromatic ring is 1. The van der Waals surface area contributed by atoms with Gasteiger partial charge in [-0.3, -0.25) is 0 Å². The Balaban J connectivity index is 2.06. The fourth-order valence-electron chi connectivity index (χ4n) is 1.83. The second-order valence-corrected chi connectivity index (χ2v) is 6.91. The number of rotatable bonds is 5. The van der Waals surface area contributed by atoms with E-state index >= 15 is 0 Å². The Bertz CT molecular complexity index is 693. The van der Waals surface area contributed by atoms with Crippen LogP contribution in [0.15, 0.2) is 47.5 Å². The Kier molecular flexibility index (Phi) is 4.59. The summed E-state index contributed by atoms with van der Waals surface area (Å²) in [5.41, 5.74) is 7.58. The summed E-state index contributed by atoms with van der Waals surface area (Å²) in [6.45, 7) is 4.47. The van der Waals surface area contributed by atoms with Crippen LogP contribution in [0.5, 0.6) is 0 Å². The van der Waals surface area contributed by atoms with Crippen LogP contribution in [0.4, 0.5) is 5.82 Å². The molecule has 1 aromatic heterocycles. The van der Waals surface area contributed by atoms with E-state index in [4.69, 9.17) is 5.73 Å². The average Bonchev–Trinajstić information content (AvgIpc) is 2.46. The van der Waals surface area contributed by atoms with Crippen molar-refractivity contribution in [1.29, 1.82) is 0 Å². The van der Waals surface area contributed by atoms with E-state index < -0.39 is 10.0 Å². The molecule has 0 unspecified atom stereocenters. The third-order valence-electron chi connectivity index (χ3n) is 3.18. The minimum absolute atomic E-state index is 0.107. The van der Waals surface area contributed by atoms with Gasteiger partial charge in [-0.1, -0.05) is 38.1 Å². The maximum Gasteiger partial charge on any atom is 0.242 e. The molecule has 112 valence electrons. The highest BCUT2D eigenvalue weighted by Crippen LogP contribution is 2.15. The smallest absolute Gasteiger partial charge is 0.242 e. The van der Waals surface area contributed by atoms with Crippen LogP contribution < -0.4 is 10.5 Å². The van der Waals surface area contributed by atoms with E-state index in [0.717, 1.165) is 5.56 Å². The summed E-state index contributed by atoms with van der Waals surface area (Å²) in [7, 11) is -3.57. The summed E-state index contributed by atoms with van der Waals surface area (Å²) in [5.74, 6) is 0.745. The highest BCUT2D eigenvalue weighted by atomic mass is 32.2. The van der Waals surface area contributed by atoms with E-state index in [-0.39, 0.29) is 11.4 Å². The van der Waals surface area contributed by atoms with Gasteiger partial charge in [0, 0.05) is 12.7 Å². The number of nitrogens with two attached hydrogens (primary N) is 1. The van der Waals surface area contributed by atoms with E-state index in [9.17, 15) is 8.42 Å². The molecule has 1 heterocycles. The molecule has 0 spiro atoms. The van der Waals surface area contributed by atoms with Crippen molar-refractivity contribution in [3.63, 3.8) is 0 Å². The number of nitrogens with zero attached hydrogens (tertiary/aromatic N) is 1. The first-order valence-electron chi connectivity index (χ1n) is 6.68. The highest BCUT2D eigenvalue weighted by Gasteiger charge is 2.13. The van der Waals surface area contributed by atoms with Crippen LogP contribution in [0.3, 0.4) is 0 Å². The zero-order valence-corrected chi connectivity index (χ0v) is 12.9. The van der Waals surface area contributed by atoms with Crippen LogP contribution in [-0.2, 0) is 16.6 Å². The van der Waals surface area contributed by atoms with Gasteiger partial charge in [0.25, 0.3) is 0 Å². The fourth-order valence-corrected chi connectivity index (χ4v) is 2.79. The van der Waals surface area contributed by atoms with Crippen LogP contribution in [-0.4, -0.2) is 13.4 Å². The molecule has 0 bridgehead atoms. The molecule has 0 saturated carbocycles. The third kappa shape index (κ3) is 4.03. The van der Waals surface area contributed by atoms with Crippen LogP contribution in [0.25, 0.3) is 0 Å². The first kappa shape index (κ1) is 15.5. The predicted octanol–water partition coefficient (Wildman–Crippen LogP) is 2.27. The normalized spacial score (nSPS) is 11.8. The van der Waals surface area contributed by atoms with E-state index in [1.165, 1.54) is 23.9 Å². The van der Waals surface area contributed by atoms with Crippen molar-refractivity contribution < 1.29 is 8.42 Å². The van der Waals surface area contributed by atoms with E-state index in [1.807, 2.05) is 24.3 Å². The van der Waals surface area contributed by atoms with Crippen LogP contribution in [0, 0.1) is 0 Å². The number of hydrogen-bond acceptors (Lipinski definition) is 4. The van der Waals surface area contributed by atoms with Crippen molar-refractivity contribution in [2.24, 2.45) is 0 Å². The van der Waals surface area contributed by atoms with Gasteiger partial charge in [-0.2, -0.15) is 0 Å². The Labute approximate surface area is 125 Å². The van der Waals surface area contributed by atoms with Gasteiger partial charge in [0.2, 0.25) is 10.0 Å². The molecule has 2 rings (SSSR count). The molecule has 2 aromatic rings. The van der Waals surface area contributed by atoms with Gasteiger partial charge in [-0.05, 0) is 29.2 Å². The van der Waals surface area contributed by atoms with E-state index in [1.54, 1.807) is 0 Å². The lowest BCUT2D eigenvalue weighted by Crippen LogP contribution is -2.23. The lowest BCUT2D eigenvalue weighted by Gasteiger charge is -2.09. The largest absolute Gasteiger partial charge is 0.384 e. The lowest BCUT2D eigenvalue weighted by molar-refractivity contribution is 0.581. The predicted molar refractivity (Wildman–Crippen MR) is 83.2 cm³/mol. The molecule has 6 heteroatoms. The number of sulfonamides is 1. The summed E-state index contributed by atoms with van der Waals surface area (Å²) in [6.07, 6.45) is 1.25. The number of aromatic nitrogens is 1. The third-order valence-corrected chi connectivity index (χ3v) is 4.57.